The number of rotatable bonds is 23. The van der Waals surface area contributed by atoms with Crippen molar-refractivity contribution < 1.29 is 34.2 Å². The monoisotopic (exact) mass is 498 g/mol. The van der Waals surface area contributed by atoms with Crippen molar-refractivity contribution in [1.82, 2.24) is 0 Å². The molecule has 0 saturated heterocycles. The lowest BCUT2D eigenvalue weighted by Crippen LogP contribution is -2.70. The second kappa shape index (κ2) is 19.3. The summed E-state index contributed by atoms with van der Waals surface area (Å²) in [6.07, 6.45) is 22.4. The minimum Gasteiger partial charge on any atom is -0.477 e. The zero-order valence-electron chi connectivity index (χ0n) is 22.7. The Morgan fingerprint density at radius 2 is 0.886 bits per heavy atom. The van der Waals surface area contributed by atoms with Crippen molar-refractivity contribution in [1.29, 1.82) is 0 Å². The van der Waals surface area contributed by atoms with Gasteiger partial charge in [-0.25, -0.2) is 14.4 Å². The molecular weight excluding hydrogens is 446 g/mol. The van der Waals surface area contributed by atoms with E-state index in [1.807, 2.05) is 6.08 Å². The van der Waals surface area contributed by atoms with E-state index in [0.717, 1.165) is 12.8 Å². The summed E-state index contributed by atoms with van der Waals surface area (Å²) < 4.78 is -0.525. The number of allylic oxidation sites excluding steroid dienone is 1. The average molecular weight is 499 g/mol. The van der Waals surface area contributed by atoms with Crippen LogP contribution in [0, 0.1) is 0 Å². The van der Waals surface area contributed by atoms with Crippen LogP contribution in [0.4, 0.5) is 0 Å². The maximum absolute atomic E-state index is 11.8. The third-order valence-electron chi connectivity index (χ3n) is 7.56. The van der Waals surface area contributed by atoms with E-state index in [9.17, 15) is 29.7 Å². The lowest BCUT2D eigenvalue weighted by Gasteiger charge is -2.47. The molecule has 3 N–H and O–H groups in total. The summed E-state index contributed by atoms with van der Waals surface area (Å²) in [5, 5.41) is 28.8. The molecule has 3 atom stereocenters. The number of nitrogens with zero attached hydrogens (tertiary/aromatic N) is 1. The van der Waals surface area contributed by atoms with Crippen molar-refractivity contribution >= 4 is 17.9 Å². The van der Waals surface area contributed by atoms with E-state index in [0.29, 0.717) is 6.42 Å². The molecule has 0 saturated carbocycles. The van der Waals surface area contributed by atoms with E-state index in [-0.39, 0.29) is 6.54 Å². The largest absolute Gasteiger partial charge is 0.477 e. The molecule has 7 nitrogen and oxygen atoms in total. The summed E-state index contributed by atoms with van der Waals surface area (Å²) in [4.78, 5) is 35.3. The van der Waals surface area contributed by atoms with Gasteiger partial charge in [0.1, 0.15) is 0 Å². The summed E-state index contributed by atoms with van der Waals surface area (Å²) >= 11 is 0. The van der Waals surface area contributed by atoms with Crippen LogP contribution < -0.4 is 0 Å². The maximum Gasteiger partial charge on any atom is 0.362 e. The van der Waals surface area contributed by atoms with Gasteiger partial charge in [0, 0.05) is 6.42 Å². The quantitative estimate of drug-likeness (QED) is 0.0826. The van der Waals surface area contributed by atoms with E-state index < -0.39 is 40.5 Å². The fourth-order valence-electron chi connectivity index (χ4n) is 5.02. The third kappa shape index (κ3) is 12.6. The van der Waals surface area contributed by atoms with Gasteiger partial charge in [-0.1, -0.05) is 96.1 Å². The summed E-state index contributed by atoms with van der Waals surface area (Å²) in [6.45, 7) is 6.60. The van der Waals surface area contributed by atoms with Crippen LogP contribution in [-0.4, -0.2) is 62.4 Å². The fourth-order valence-corrected chi connectivity index (χ4v) is 5.02. The molecule has 0 amide bonds. The summed E-state index contributed by atoms with van der Waals surface area (Å²) in [7, 11) is 0. The highest BCUT2D eigenvalue weighted by molar-refractivity contribution is 5.77. The Bertz CT molecular complexity index is 583. The molecule has 0 aromatic carbocycles. The molecule has 204 valence electrons. The van der Waals surface area contributed by atoms with E-state index >= 15 is 0 Å². The van der Waals surface area contributed by atoms with Gasteiger partial charge in [-0.15, -0.1) is 0 Å². The van der Waals surface area contributed by atoms with Gasteiger partial charge in [-0.3, -0.25) is 4.48 Å². The highest BCUT2D eigenvalue weighted by Crippen LogP contribution is 2.27. The summed E-state index contributed by atoms with van der Waals surface area (Å²) in [5.74, 6) is -3.58. The first-order chi connectivity index (χ1) is 16.6. The minimum atomic E-state index is -1.19. The molecule has 0 aliphatic rings. The molecule has 0 aliphatic carbocycles. The number of unbranched alkanes of at least 4 members (excludes halogenated alkanes) is 13. The SMILES string of the molecule is CCCCCCCCCCCCCCC/C=C/CC[N+](C(C)C(=O)O)(C(C)C(=O)O)C(C)C(=O)O. The highest BCUT2D eigenvalue weighted by Gasteiger charge is 2.52. The molecule has 0 aromatic heterocycles. The first-order valence-corrected chi connectivity index (χ1v) is 13.8. The summed E-state index contributed by atoms with van der Waals surface area (Å²) in [6, 6.07) is -3.45. The molecule has 0 aliphatic heterocycles. The third-order valence-corrected chi connectivity index (χ3v) is 7.56. The molecule has 0 rings (SSSR count). The van der Waals surface area contributed by atoms with Crippen LogP contribution in [0.3, 0.4) is 0 Å². The van der Waals surface area contributed by atoms with E-state index in [4.69, 9.17) is 0 Å². The first kappa shape index (κ1) is 33.1. The number of quaternary nitrogens is 1. The second-order valence-electron chi connectivity index (χ2n) is 10.1. The molecule has 0 radical (unpaired) electrons. The standard InChI is InChI=1S/C28H51NO6/c1-5-6-7-8-9-10-11-12-13-14-15-16-17-18-19-20-21-22-29(23(2)26(30)31,24(3)27(32)33)25(4)28(34)35/h19-20,23-25H,5-18,21-22H2,1-4H3,(H2-,30,31,32,33,34,35)/p+1/b20-19+. The predicted molar refractivity (Wildman–Crippen MR) is 140 cm³/mol. The smallest absolute Gasteiger partial charge is 0.362 e. The van der Waals surface area contributed by atoms with Gasteiger partial charge in [0.2, 0.25) is 0 Å². The van der Waals surface area contributed by atoms with Crippen LogP contribution in [0.15, 0.2) is 12.2 Å². The molecular formula is C28H52NO6+. The number of hydrogen-bond acceptors (Lipinski definition) is 3. The predicted octanol–water partition coefficient (Wildman–Crippen LogP) is 6.65. The number of carboxylic acids is 3. The van der Waals surface area contributed by atoms with Gasteiger partial charge in [0.05, 0.1) is 6.54 Å². The highest BCUT2D eigenvalue weighted by atomic mass is 16.4. The minimum absolute atomic E-state index is 0.142. The van der Waals surface area contributed by atoms with E-state index in [1.54, 1.807) is 0 Å². The van der Waals surface area contributed by atoms with Crippen LogP contribution in [0.25, 0.3) is 0 Å². The molecule has 35 heavy (non-hydrogen) atoms. The molecule has 3 unspecified atom stereocenters. The van der Waals surface area contributed by atoms with E-state index in [2.05, 4.69) is 13.0 Å². The molecule has 0 heterocycles. The molecule has 0 bridgehead atoms. The molecule has 0 fully saturated rings. The zero-order chi connectivity index (χ0) is 26.7. The normalized spacial score (nSPS) is 16.0. The maximum atomic E-state index is 11.8. The van der Waals surface area contributed by atoms with Crippen molar-refractivity contribution in [2.45, 2.75) is 142 Å². The van der Waals surface area contributed by atoms with Gasteiger partial charge in [-0.05, 0) is 33.6 Å². The Hall–Kier alpha value is -1.89. The number of aliphatic carboxylic acids is 3. The Balaban J connectivity index is 4.35. The van der Waals surface area contributed by atoms with Gasteiger partial charge >= 0.3 is 17.9 Å². The lowest BCUT2D eigenvalue weighted by atomic mass is 10.0. The molecule has 0 aromatic rings. The second-order valence-corrected chi connectivity index (χ2v) is 10.1. The van der Waals surface area contributed by atoms with Crippen LogP contribution >= 0.6 is 0 Å². The van der Waals surface area contributed by atoms with Gasteiger partial charge in [0.15, 0.2) is 18.1 Å². The van der Waals surface area contributed by atoms with Crippen molar-refractivity contribution in [2.75, 3.05) is 6.54 Å². The van der Waals surface area contributed by atoms with Crippen molar-refractivity contribution in [3.63, 3.8) is 0 Å². The number of carbonyl (C=O) groups is 3. The van der Waals surface area contributed by atoms with Crippen molar-refractivity contribution in [3.05, 3.63) is 12.2 Å². The Labute approximate surface area is 213 Å². The fraction of sp³-hybridized carbons (Fsp3) is 0.821. The van der Waals surface area contributed by atoms with Crippen molar-refractivity contribution in [2.24, 2.45) is 0 Å². The van der Waals surface area contributed by atoms with Gasteiger partial charge in [-0.2, -0.15) is 0 Å². The van der Waals surface area contributed by atoms with Crippen LogP contribution in [0.1, 0.15) is 124 Å². The zero-order valence-corrected chi connectivity index (χ0v) is 22.7. The van der Waals surface area contributed by atoms with Crippen LogP contribution in [0.2, 0.25) is 0 Å². The molecule has 0 spiro atoms. The Morgan fingerprint density at radius 3 is 1.23 bits per heavy atom. The van der Waals surface area contributed by atoms with Crippen LogP contribution in [0.5, 0.6) is 0 Å². The first-order valence-electron chi connectivity index (χ1n) is 13.8. The summed E-state index contributed by atoms with van der Waals surface area (Å²) in [5.41, 5.74) is 0. The molecule has 7 heteroatoms. The van der Waals surface area contributed by atoms with Gasteiger partial charge < -0.3 is 15.3 Å². The van der Waals surface area contributed by atoms with E-state index in [1.165, 1.54) is 97.8 Å². The van der Waals surface area contributed by atoms with Crippen molar-refractivity contribution in [3.8, 4) is 0 Å². The lowest BCUT2D eigenvalue weighted by molar-refractivity contribution is -0.967. The average Bonchev–Trinajstić information content (AvgIpc) is 2.82. The number of hydrogen-bond donors (Lipinski definition) is 3. The van der Waals surface area contributed by atoms with Crippen LogP contribution in [-0.2, 0) is 14.4 Å². The topological polar surface area (TPSA) is 112 Å². The number of carboxylic acid groups (broad SMARTS) is 3. The van der Waals surface area contributed by atoms with Gasteiger partial charge in [0.25, 0.3) is 0 Å². The Kier molecular flexibility index (Phi) is 18.3. The Morgan fingerprint density at radius 1 is 0.571 bits per heavy atom.